The monoisotopic (exact) mass is 252 g/mol. The van der Waals surface area contributed by atoms with Crippen molar-refractivity contribution in [2.24, 2.45) is 0 Å². The number of carbonyl (C=O) groups is 1. The fourth-order valence-corrected chi connectivity index (χ4v) is 1.88. The summed E-state index contributed by atoms with van der Waals surface area (Å²) in [6.45, 7) is -1.52. The van der Waals surface area contributed by atoms with E-state index in [9.17, 15) is 4.79 Å². The molecule has 1 aliphatic rings. The van der Waals surface area contributed by atoms with E-state index in [1.165, 1.54) is 0 Å². The van der Waals surface area contributed by atoms with Crippen molar-refractivity contribution in [3.63, 3.8) is 0 Å². The summed E-state index contributed by atoms with van der Waals surface area (Å²) < 4.78 is 33.0. The Morgan fingerprint density at radius 3 is 2.83 bits per heavy atom. The molecule has 1 saturated heterocycles. The van der Waals surface area contributed by atoms with Crippen LogP contribution in [0, 0.1) is 0 Å². The summed E-state index contributed by atoms with van der Waals surface area (Å²) in [7, 11) is 0. The van der Waals surface area contributed by atoms with Gasteiger partial charge in [0, 0.05) is 30.3 Å². The number of hydrogen-bond acceptors (Lipinski definition) is 3. The van der Waals surface area contributed by atoms with Gasteiger partial charge in [-0.05, 0) is 18.4 Å². The maximum absolute atomic E-state index is 12.2. The maximum Gasteiger partial charge on any atom is 0.410 e. The van der Waals surface area contributed by atoms with Gasteiger partial charge in [0.1, 0.15) is 6.61 Å². The molecular formula is C14H19NO3. The Morgan fingerprint density at radius 2 is 2.17 bits per heavy atom. The van der Waals surface area contributed by atoms with E-state index in [1.807, 2.05) is 30.3 Å². The van der Waals surface area contributed by atoms with Crippen molar-refractivity contribution in [3.05, 3.63) is 35.9 Å². The highest BCUT2D eigenvalue weighted by molar-refractivity contribution is 5.67. The van der Waals surface area contributed by atoms with E-state index in [4.69, 9.17) is 13.6 Å². The largest absolute Gasteiger partial charge is 0.445 e. The molecule has 4 heteroatoms. The number of nitrogens with zero attached hydrogens (tertiary/aromatic N) is 1. The number of rotatable bonds is 3. The Hall–Kier alpha value is -1.55. The zero-order valence-corrected chi connectivity index (χ0v) is 10.2. The fraction of sp³-hybridized carbons (Fsp3) is 0.500. The molecule has 0 bridgehead atoms. The number of amides is 1. The molecule has 98 valence electrons. The van der Waals surface area contributed by atoms with Crippen LogP contribution in [0.4, 0.5) is 4.79 Å². The molecule has 2 rings (SSSR count). The Bertz CT molecular complexity index is 458. The van der Waals surface area contributed by atoms with Crippen LogP contribution in [0.3, 0.4) is 0 Å². The van der Waals surface area contributed by atoms with Crippen molar-refractivity contribution < 1.29 is 18.4 Å². The van der Waals surface area contributed by atoms with Gasteiger partial charge in [0.2, 0.25) is 0 Å². The minimum Gasteiger partial charge on any atom is -0.445 e. The van der Waals surface area contributed by atoms with Crippen LogP contribution in [0.2, 0.25) is 0 Å². The van der Waals surface area contributed by atoms with E-state index < -0.39 is 13.1 Å². The number of benzene rings is 1. The van der Waals surface area contributed by atoms with Crippen molar-refractivity contribution in [3.8, 4) is 0 Å². The molecule has 0 radical (unpaired) electrons. The zero-order chi connectivity index (χ0) is 15.3. The smallest absolute Gasteiger partial charge is 0.410 e. The van der Waals surface area contributed by atoms with Crippen LogP contribution in [0.25, 0.3) is 0 Å². The number of carbonyl (C=O) groups excluding carboxylic acids is 1. The standard InChI is InChI=1S/C14H19NO3/c1-15(13-7-9-17-10-8-13)14(16)18-11-12-5-3-2-4-6-12/h2-6,13H,7-11H2,1H3/i1D3. The molecule has 1 aromatic rings. The van der Waals surface area contributed by atoms with E-state index >= 15 is 0 Å². The Balaban J connectivity index is 2.00. The highest BCUT2D eigenvalue weighted by atomic mass is 16.6. The van der Waals surface area contributed by atoms with Gasteiger partial charge in [-0.2, -0.15) is 0 Å². The third kappa shape index (κ3) is 3.47. The first-order valence-corrected chi connectivity index (χ1v) is 6.06. The fourth-order valence-electron chi connectivity index (χ4n) is 1.88. The van der Waals surface area contributed by atoms with Crippen LogP contribution in [0.5, 0.6) is 0 Å². The molecule has 0 aromatic heterocycles. The number of hydrogen-bond donors (Lipinski definition) is 0. The second-order valence-electron chi connectivity index (χ2n) is 4.25. The van der Waals surface area contributed by atoms with E-state index in [0.29, 0.717) is 26.1 Å². The van der Waals surface area contributed by atoms with Crippen molar-refractivity contribution in [1.29, 1.82) is 0 Å². The molecule has 1 heterocycles. The van der Waals surface area contributed by atoms with Gasteiger partial charge in [-0.1, -0.05) is 30.3 Å². The van der Waals surface area contributed by atoms with Gasteiger partial charge in [0.25, 0.3) is 0 Å². The Labute approximate surface area is 112 Å². The van der Waals surface area contributed by atoms with Gasteiger partial charge in [-0.25, -0.2) is 4.79 Å². The summed E-state index contributed by atoms with van der Waals surface area (Å²) >= 11 is 0. The maximum atomic E-state index is 12.2. The summed E-state index contributed by atoms with van der Waals surface area (Å²) in [6, 6.07) is 8.81. The lowest BCUT2D eigenvalue weighted by molar-refractivity contribution is 0.0329. The molecule has 18 heavy (non-hydrogen) atoms. The predicted molar refractivity (Wildman–Crippen MR) is 68.2 cm³/mol. The summed E-state index contributed by atoms with van der Waals surface area (Å²) in [5, 5.41) is 0. The van der Waals surface area contributed by atoms with Crippen LogP contribution in [-0.2, 0) is 16.1 Å². The molecule has 4 nitrogen and oxygen atoms in total. The number of ether oxygens (including phenoxy) is 2. The lowest BCUT2D eigenvalue weighted by atomic mass is 10.1. The van der Waals surface area contributed by atoms with E-state index in [-0.39, 0.29) is 12.6 Å². The lowest BCUT2D eigenvalue weighted by Crippen LogP contribution is -2.40. The highest BCUT2D eigenvalue weighted by Gasteiger charge is 2.23. The quantitative estimate of drug-likeness (QED) is 0.829. The predicted octanol–water partition coefficient (Wildman–Crippen LogP) is 2.43. The topological polar surface area (TPSA) is 38.8 Å². The van der Waals surface area contributed by atoms with Crippen molar-refractivity contribution in [1.82, 2.24) is 4.90 Å². The van der Waals surface area contributed by atoms with Crippen LogP contribution in [0.1, 0.15) is 22.5 Å². The van der Waals surface area contributed by atoms with E-state index in [2.05, 4.69) is 0 Å². The molecular weight excluding hydrogens is 230 g/mol. The molecule has 0 atom stereocenters. The SMILES string of the molecule is [2H]C([2H])([2H])N(C(=O)OCc1ccccc1)C1CCOCC1. The second-order valence-corrected chi connectivity index (χ2v) is 4.25. The molecule has 1 aromatic carbocycles. The van der Waals surface area contributed by atoms with Crippen LogP contribution in [0.15, 0.2) is 30.3 Å². The molecule has 0 N–H and O–H groups in total. The van der Waals surface area contributed by atoms with Gasteiger partial charge >= 0.3 is 6.09 Å². The summed E-state index contributed by atoms with van der Waals surface area (Å²) in [6.07, 6.45) is 0.225. The van der Waals surface area contributed by atoms with Gasteiger partial charge in [0.15, 0.2) is 0 Å². The molecule has 1 fully saturated rings. The molecule has 0 aliphatic carbocycles. The second kappa shape index (κ2) is 6.40. The van der Waals surface area contributed by atoms with Crippen LogP contribution in [-0.4, -0.2) is 37.2 Å². The van der Waals surface area contributed by atoms with Crippen LogP contribution >= 0.6 is 0 Å². The Kier molecular flexibility index (Phi) is 3.34. The summed E-state index contributed by atoms with van der Waals surface area (Å²) in [5.41, 5.74) is 0.823. The normalized spacial score (nSPS) is 19.4. The highest BCUT2D eigenvalue weighted by Crippen LogP contribution is 2.14. The van der Waals surface area contributed by atoms with Gasteiger partial charge < -0.3 is 14.4 Å². The first kappa shape index (κ1) is 9.39. The molecule has 0 unspecified atom stereocenters. The van der Waals surface area contributed by atoms with Gasteiger partial charge in [0.05, 0.1) is 0 Å². The van der Waals surface area contributed by atoms with Gasteiger partial charge in [-0.15, -0.1) is 0 Å². The molecule has 0 saturated carbocycles. The summed E-state index contributed by atoms with van der Waals surface area (Å²) in [5.74, 6) is 0. The average Bonchev–Trinajstić information content (AvgIpc) is 2.46. The Morgan fingerprint density at radius 1 is 1.44 bits per heavy atom. The van der Waals surface area contributed by atoms with Gasteiger partial charge in [-0.3, -0.25) is 0 Å². The lowest BCUT2D eigenvalue weighted by Gasteiger charge is -2.30. The summed E-state index contributed by atoms with van der Waals surface area (Å²) in [4.78, 5) is 13.0. The zero-order valence-electron chi connectivity index (χ0n) is 13.2. The minimum absolute atomic E-state index is 0.0650. The van der Waals surface area contributed by atoms with E-state index in [0.717, 1.165) is 10.5 Å². The van der Waals surface area contributed by atoms with Crippen molar-refractivity contribution >= 4 is 6.09 Å². The average molecular weight is 252 g/mol. The molecule has 1 amide bonds. The third-order valence-electron chi connectivity index (χ3n) is 2.96. The molecule has 1 aliphatic heterocycles. The minimum atomic E-state index is -2.50. The molecule has 0 spiro atoms. The van der Waals surface area contributed by atoms with Crippen molar-refractivity contribution in [2.45, 2.75) is 25.5 Å². The first-order chi connectivity index (χ1) is 9.98. The van der Waals surface area contributed by atoms with Crippen LogP contribution < -0.4 is 0 Å². The first-order valence-electron chi connectivity index (χ1n) is 7.56. The van der Waals surface area contributed by atoms with Crippen molar-refractivity contribution in [2.75, 3.05) is 20.2 Å². The van der Waals surface area contributed by atoms with E-state index in [1.54, 1.807) is 0 Å². The third-order valence-corrected chi connectivity index (χ3v) is 2.96.